The van der Waals surface area contributed by atoms with E-state index in [1.165, 1.54) is 0 Å². The van der Waals surface area contributed by atoms with Crippen LogP contribution in [0.2, 0.25) is 0 Å². The minimum atomic E-state index is -2.97. The molecule has 0 atom stereocenters. The van der Waals surface area contributed by atoms with Crippen molar-refractivity contribution in [2.24, 2.45) is 0 Å². The summed E-state index contributed by atoms with van der Waals surface area (Å²) in [4.78, 5) is 30.0. The van der Waals surface area contributed by atoms with Crippen LogP contribution in [0.15, 0.2) is 0 Å². The van der Waals surface area contributed by atoms with E-state index in [-0.39, 0.29) is 728 Å². The molecule has 0 heterocycles. The van der Waals surface area contributed by atoms with Gasteiger partial charge in [-0.3, -0.25) is 0 Å². The van der Waals surface area contributed by atoms with Crippen LogP contribution in [0.3, 0.4) is 0 Å². The molecule has 0 spiro atoms. The topological polar surface area (TPSA) is 141 Å². The molecule has 0 aliphatic rings. The number of carbonyl (C=O) groups excluding carboxylic acids is 3. The van der Waals surface area contributed by atoms with Crippen molar-refractivity contribution in [1.82, 2.24) is 0 Å². The van der Waals surface area contributed by atoms with Gasteiger partial charge in [-0.25, -0.2) is 0 Å². The Balaban J connectivity index is -0.00000000471. The first-order valence-electron chi connectivity index (χ1n) is 3.11. The number of aliphatic carboxylic acids is 3. The molecule has 25 heteroatoms. The van der Waals surface area contributed by atoms with Crippen molar-refractivity contribution >= 4 is 658 Å². The Bertz CT molecular complexity index is 276. The van der Waals surface area contributed by atoms with E-state index in [2.05, 4.69) is 0 Å². The van der Waals surface area contributed by atoms with Gasteiger partial charge in [0.1, 0.15) is 5.60 Å². The van der Waals surface area contributed by atoms with Gasteiger partial charge >= 0.3 is 728 Å². The first-order valence-corrected chi connectivity index (χ1v) is 3.11. The fraction of sp³-hybridized carbons (Fsp3) is 0.500. The molecule has 31 heavy (non-hydrogen) atoms. The molecule has 0 rings (SSSR count). The number of hydrogen-bond donors (Lipinski definition) is 1. The van der Waals surface area contributed by atoms with Crippen molar-refractivity contribution < 1.29 is 123 Å². The molecule has 0 saturated carbocycles. The van der Waals surface area contributed by atoms with E-state index in [4.69, 9.17) is 5.11 Å². The fourth-order valence-corrected chi connectivity index (χ4v) is 0.684. The summed E-state index contributed by atoms with van der Waals surface area (Å²) in [5.74, 6) is -5.98. The molecule has 0 aromatic rings. The van der Waals surface area contributed by atoms with Gasteiger partial charge in [-0.2, -0.15) is 0 Å². The summed E-state index contributed by atoms with van der Waals surface area (Å²) in [5.41, 5.74) is -2.97. The van der Waals surface area contributed by atoms with Crippen LogP contribution in [0.4, 0.5) is 0 Å². The van der Waals surface area contributed by atoms with Crippen LogP contribution in [0, 0.1) is 0 Å². The van der Waals surface area contributed by atoms with Gasteiger partial charge in [-0.15, -0.1) is 0 Å². The third-order valence-electron chi connectivity index (χ3n) is 1.25. The average molecular weight is 763 g/mol. The Kier molecular flexibility index (Phi) is 356. The molecule has 7 nitrogen and oxygen atoms in total. The second-order valence-electron chi connectivity index (χ2n) is 2.42. The third-order valence-corrected chi connectivity index (χ3v) is 1.25. The Morgan fingerprint density at radius 2 is 0.645 bits per heavy atom. The Hall–Kier alpha value is 22.1. The van der Waals surface area contributed by atoms with Gasteiger partial charge in [0.25, 0.3) is 0 Å². The van der Waals surface area contributed by atoms with E-state index in [9.17, 15) is 29.7 Å². The average Bonchev–Trinajstić information content (AvgIpc) is 1.82. The number of aliphatic hydroxyl groups is 1. The summed E-state index contributed by atoms with van der Waals surface area (Å²) < 4.78 is 0. The molecule has 0 radical (unpaired) electrons. The molecule has 0 fully saturated rings. The van der Waals surface area contributed by atoms with Gasteiger partial charge in [0, 0.05) is 24.8 Å². The molecule has 0 aromatic heterocycles. The number of hydrogen-bond acceptors (Lipinski definition) is 7. The van der Waals surface area contributed by atoms with Crippen LogP contribution < -0.4 is 104 Å². The van der Waals surface area contributed by atoms with Crippen molar-refractivity contribution in [2.75, 3.05) is 0 Å². The normalized spacial score (nSPS) is 4.55. The van der Waals surface area contributed by atoms with Crippen LogP contribution in [0.25, 0.3) is 0 Å². The van der Waals surface area contributed by atoms with Crippen molar-refractivity contribution in [3.05, 3.63) is 0 Å². The number of rotatable bonds is 5. The van der Waals surface area contributed by atoms with Gasteiger partial charge in [0.15, 0.2) is 0 Å². The van der Waals surface area contributed by atoms with Gasteiger partial charge in [0.05, 0.1) is 5.97 Å². The quantitative estimate of drug-likeness (QED) is 0.275. The minimum absolute atomic E-state index is 0. The van der Waals surface area contributed by atoms with Gasteiger partial charge in [-0.1, -0.05) is 0 Å². The number of carboxylic acids is 3. The zero-order valence-electron chi connectivity index (χ0n) is 9.31. The number of carbonyl (C=O) groups is 3. The fourth-order valence-electron chi connectivity index (χ4n) is 0.684. The third kappa shape index (κ3) is 90.1. The van der Waals surface area contributed by atoms with Crippen molar-refractivity contribution in [3.8, 4) is 0 Å². The molecule has 0 aliphatic carbocycles. The molecule has 0 amide bonds. The molecule has 104 valence electrons. The zero-order valence-corrected chi connectivity index (χ0v) is 15.3. The standard InChI is InChI=1S/C6H8O7.9K.9Na.15H/c7-3(8)1-6(13,5(11)12)2-4(9)10;;;;;;;;;;;;;;;;;;;;;;;;;;;;;;;;;/h13H,1-2H2,(H,7,8)(H,9,10)(H,11,12);;;;;;;;;;;;;;;;;;;;;;;;;;;;;;;;;/q;;;;;;;;;;;;;;;;3*+1;;;;;;;;;;;;;;;/p-3. The Labute approximate surface area is 768 Å². The second kappa shape index (κ2) is 89.0. The van der Waals surface area contributed by atoms with Gasteiger partial charge < -0.3 is 34.8 Å². The monoisotopic (exact) mass is 762 g/mol. The zero-order chi connectivity index (χ0) is 10.6. The first kappa shape index (κ1) is 124. The van der Waals surface area contributed by atoms with Crippen molar-refractivity contribution in [1.29, 1.82) is 0 Å². The van der Waals surface area contributed by atoms with Crippen LogP contribution in [0.1, 0.15) is 12.8 Å². The molecule has 0 unspecified atom stereocenters. The molecular weight excluding hydrogens is 743 g/mol. The first-order chi connectivity index (χ1) is 5.78. The van der Waals surface area contributed by atoms with E-state index in [0.717, 1.165) is 0 Å². The van der Waals surface area contributed by atoms with E-state index < -0.39 is 36.4 Å². The predicted molar refractivity (Wildman–Crippen MR) is 136 cm³/mol. The van der Waals surface area contributed by atoms with Gasteiger partial charge in [0.2, 0.25) is 0 Å². The molecule has 0 bridgehead atoms. The maximum absolute atomic E-state index is 10.1. The van der Waals surface area contributed by atoms with E-state index in [1.54, 1.807) is 0 Å². The summed E-state index contributed by atoms with van der Waals surface area (Å²) in [7, 11) is 0. The predicted octanol–water partition coefficient (Wildman–Crippen LogP) is -24.0. The van der Waals surface area contributed by atoms with Crippen molar-refractivity contribution in [2.45, 2.75) is 18.4 Å². The van der Waals surface area contributed by atoms with E-state index >= 15 is 0 Å². The molecule has 0 aromatic carbocycles. The molecule has 0 saturated heterocycles. The van der Waals surface area contributed by atoms with Crippen molar-refractivity contribution in [3.63, 3.8) is 0 Å². The summed E-state index contributed by atoms with van der Waals surface area (Å²) in [6.07, 6.45) is -2.72. The maximum atomic E-state index is 10.1. The number of carboxylic acid groups (broad SMARTS) is 3. The molecular formula is C6H20K9Na9O7. The summed E-state index contributed by atoms with van der Waals surface area (Å²) in [5, 5.41) is 38.9. The summed E-state index contributed by atoms with van der Waals surface area (Å²) in [6.45, 7) is 0. The Morgan fingerprint density at radius 3 is 0.710 bits per heavy atom. The van der Waals surface area contributed by atoms with Crippen LogP contribution in [0.5, 0.6) is 0 Å². The summed E-state index contributed by atoms with van der Waals surface area (Å²) in [6, 6.07) is 0. The molecule has 1 N–H and O–H groups in total. The molecule has 0 aliphatic heterocycles. The second-order valence-corrected chi connectivity index (χ2v) is 2.42. The Morgan fingerprint density at radius 1 is 0.516 bits per heavy atom. The van der Waals surface area contributed by atoms with E-state index in [0.29, 0.717) is 0 Å². The summed E-state index contributed by atoms with van der Waals surface area (Å²) >= 11 is 0. The van der Waals surface area contributed by atoms with Crippen LogP contribution >= 0.6 is 0 Å². The SMILES string of the molecule is O=C([O-])CC(O)(CC(=O)[O-])C(=O)[O-].[KH].[KH].[KH].[KH].[KH].[KH].[KH].[KH].[KH].[Na+].[Na+].[Na+].[NaH].[NaH].[NaH].[NaH].[NaH].[NaH]. The van der Waals surface area contributed by atoms with Crippen LogP contribution in [-0.2, 0) is 14.4 Å². The van der Waals surface area contributed by atoms with Crippen LogP contribution in [-0.4, -0.2) is 668 Å². The van der Waals surface area contributed by atoms with E-state index in [1.807, 2.05) is 0 Å². The van der Waals surface area contributed by atoms with Gasteiger partial charge in [-0.05, 0) is 0 Å².